The maximum absolute atomic E-state index is 12.2. The molecule has 40 heavy (non-hydrogen) atoms. The van der Waals surface area contributed by atoms with Crippen molar-refractivity contribution in [1.82, 2.24) is 0 Å². The van der Waals surface area contributed by atoms with Crippen LogP contribution in [0.4, 0.5) is 17.1 Å². The van der Waals surface area contributed by atoms with E-state index in [-0.39, 0.29) is 17.3 Å². The molecule has 208 valence electrons. The minimum absolute atomic E-state index is 0.0438. The van der Waals surface area contributed by atoms with Gasteiger partial charge >= 0.3 is 0 Å². The van der Waals surface area contributed by atoms with Crippen molar-refractivity contribution >= 4 is 26.9 Å². The Morgan fingerprint density at radius 2 is 1.55 bits per heavy atom. The second-order valence-corrected chi connectivity index (χ2v) is 11.1. The monoisotopic (exact) mass is 559 g/mol. The molecule has 0 spiro atoms. The lowest BCUT2D eigenvalue weighted by molar-refractivity contribution is 0.302. The number of anilines is 1. The van der Waals surface area contributed by atoms with Gasteiger partial charge in [-0.3, -0.25) is 0 Å². The Hall–Kier alpha value is -4.05. The zero-order valence-electron chi connectivity index (χ0n) is 22.3. The van der Waals surface area contributed by atoms with Gasteiger partial charge in [0.25, 0.3) is 0 Å². The summed E-state index contributed by atoms with van der Waals surface area (Å²) in [5, 5.41) is 27.3. The van der Waals surface area contributed by atoms with Crippen molar-refractivity contribution in [3.8, 4) is 16.9 Å². The maximum atomic E-state index is 12.2. The normalized spacial score (nSPS) is 11.6. The van der Waals surface area contributed by atoms with Gasteiger partial charge in [-0.25, -0.2) is 8.42 Å². The lowest BCUT2D eigenvalue weighted by Gasteiger charge is -2.23. The molecule has 0 saturated carbocycles. The number of aliphatic hydroxyl groups is 2. The van der Waals surface area contributed by atoms with Gasteiger partial charge in [0.2, 0.25) is 0 Å². The summed E-state index contributed by atoms with van der Waals surface area (Å²) in [6.07, 6.45) is 0. The van der Waals surface area contributed by atoms with Crippen LogP contribution in [0.1, 0.15) is 12.5 Å². The van der Waals surface area contributed by atoms with Gasteiger partial charge in [0.05, 0.1) is 35.2 Å². The average molecular weight is 560 g/mol. The molecular weight excluding hydrogens is 526 g/mol. The van der Waals surface area contributed by atoms with Crippen LogP contribution in [-0.4, -0.2) is 50.7 Å². The highest BCUT2D eigenvalue weighted by Crippen LogP contribution is 2.36. The van der Waals surface area contributed by atoms with Crippen molar-refractivity contribution in [3.63, 3.8) is 0 Å². The summed E-state index contributed by atoms with van der Waals surface area (Å²) in [5.74, 6) is 0.420. The number of benzene rings is 4. The third-order valence-electron chi connectivity index (χ3n) is 6.34. The molecule has 9 heteroatoms. The van der Waals surface area contributed by atoms with Gasteiger partial charge in [0.1, 0.15) is 12.4 Å². The Morgan fingerprint density at radius 3 is 2.20 bits per heavy atom. The molecule has 0 bridgehead atoms. The molecule has 0 atom stereocenters. The van der Waals surface area contributed by atoms with E-state index in [0.29, 0.717) is 24.5 Å². The maximum Gasteiger partial charge on any atom is 0.180 e. The van der Waals surface area contributed by atoms with Crippen molar-refractivity contribution in [1.29, 1.82) is 0 Å². The van der Waals surface area contributed by atoms with Crippen LogP contribution in [0, 0.1) is 0 Å². The van der Waals surface area contributed by atoms with Crippen LogP contribution in [0.15, 0.2) is 112 Å². The molecule has 8 nitrogen and oxygen atoms in total. The minimum Gasteiger partial charge on any atom is -0.489 e. The van der Waals surface area contributed by atoms with Crippen LogP contribution in [0.2, 0.25) is 0 Å². The van der Waals surface area contributed by atoms with E-state index in [1.165, 1.54) is 12.1 Å². The number of aliphatic hydroxyl groups excluding tert-OH is 2. The van der Waals surface area contributed by atoms with E-state index in [9.17, 15) is 13.5 Å². The highest BCUT2D eigenvalue weighted by molar-refractivity contribution is 7.91. The fourth-order valence-electron chi connectivity index (χ4n) is 4.17. The van der Waals surface area contributed by atoms with Crippen LogP contribution < -0.4 is 9.64 Å². The zero-order chi connectivity index (χ0) is 28.4. The molecule has 0 aliphatic heterocycles. The summed E-state index contributed by atoms with van der Waals surface area (Å²) >= 11 is 0. The van der Waals surface area contributed by atoms with E-state index in [0.717, 1.165) is 34.7 Å². The molecule has 0 aromatic heterocycles. The molecule has 2 N–H and O–H groups in total. The highest BCUT2D eigenvalue weighted by atomic mass is 32.2. The summed E-state index contributed by atoms with van der Waals surface area (Å²) in [5.41, 5.74) is 4.96. The molecule has 4 aromatic rings. The smallest absolute Gasteiger partial charge is 0.180 e. The summed E-state index contributed by atoms with van der Waals surface area (Å²) in [6, 6.07) is 29.7. The quantitative estimate of drug-likeness (QED) is 0.196. The third-order valence-corrected chi connectivity index (χ3v) is 8.05. The second-order valence-electron chi connectivity index (χ2n) is 9.04. The minimum atomic E-state index is -3.54. The van der Waals surface area contributed by atoms with E-state index in [1.807, 2.05) is 79.7 Å². The topological polar surface area (TPSA) is 112 Å². The number of ether oxygens (including phenoxy) is 1. The van der Waals surface area contributed by atoms with Crippen molar-refractivity contribution in [2.75, 3.05) is 37.0 Å². The summed E-state index contributed by atoms with van der Waals surface area (Å²) in [6.45, 7) is 3.36. The van der Waals surface area contributed by atoms with Crippen LogP contribution in [0.25, 0.3) is 11.1 Å². The van der Waals surface area contributed by atoms with Gasteiger partial charge in [0, 0.05) is 24.3 Å². The Kier molecular flexibility index (Phi) is 10.0. The van der Waals surface area contributed by atoms with E-state index >= 15 is 0 Å². The summed E-state index contributed by atoms with van der Waals surface area (Å²) < 4.78 is 30.3. The average Bonchev–Trinajstić information content (AvgIpc) is 2.99. The lowest BCUT2D eigenvalue weighted by Crippen LogP contribution is -2.26. The lowest BCUT2D eigenvalue weighted by atomic mass is 10.0. The Balaban J connectivity index is 1.61. The Bertz CT molecular complexity index is 1510. The van der Waals surface area contributed by atoms with Crippen LogP contribution in [-0.2, 0) is 16.4 Å². The van der Waals surface area contributed by atoms with Crippen molar-refractivity contribution in [2.45, 2.75) is 18.4 Å². The zero-order valence-corrected chi connectivity index (χ0v) is 23.2. The second kappa shape index (κ2) is 13.8. The van der Waals surface area contributed by atoms with Crippen LogP contribution in [0.3, 0.4) is 0 Å². The van der Waals surface area contributed by atoms with Gasteiger partial charge in [0.15, 0.2) is 9.84 Å². The molecular formula is C31H33N3O5S. The highest BCUT2D eigenvalue weighted by Gasteiger charge is 2.14. The van der Waals surface area contributed by atoms with Gasteiger partial charge < -0.3 is 19.8 Å². The van der Waals surface area contributed by atoms with Gasteiger partial charge in [-0.15, -0.1) is 5.11 Å². The Morgan fingerprint density at radius 1 is 0.825 bits per heavy atom. The largest absolute Gasteiger partial charge is 0.489 e. The molecule has 4 rings (SSSR count). The van der Waals surface area contributed by atoms with Crippen LogP contribution >= 0.6 is 0 Å². The predicted molar refractivity (Wildman–Crippen MR) is 157 cm³/mol. The first kappa shape index (κ1) is 28.9. The standard InChI is InChI=1S/C31H33N3O5S/c1-2-34(18-19-35)27-12-17-31(33-32-26-10-15-29(16-11-26)40(37,38)21-20-36)30(22-27)25-8-13-28(14-9-25)39-23-24-6-4-3-5-7-24/h3-17,22,35-36H,2,18-21,23H2,1H3. The Labute approximate surface area is 235 Å². The van der Waals surface area contributed by atoms with Crippen molar-refractivity contribution < 1.29 is 23.4 Å². The molecule has 0 fully saturated rings. The fourth-order valence-corrected chi connectivity index (χ4v) is 5.20. The number of hydrogen-bond acceptors (Lipinski definition) is 8. The van der Waals surface area contributed by atoms with E-state index < -0.39 is 16.4 Å². The number of nitrogens with zero attached hydrogens (tertiary/aromatic N) is 3. The van der Waals surface area contributed by atoms with Gasteiger partial charge in [-0.05, 0) is 72.6 Å². The van der Waals surface area contributed by atoms with E-state index in [4.69, 9.17) is 9.84 Å². The summed E-state index contributed by atoms with van der Waals surface area (Å²) in [4.78, 5) is 2.21. The number of likely N-dealkylation sites (N-methyl/N-ethyl adjacent to an activating group) is 1. The number of hydrogen-bond donors (Lipinski definition) is 2. The van der Waals surface area contributed by atoms with Gasteiger partial charge in [-0.2, -0.15) is 5.11 Å². The third kappa shape index (κ3) is 7.53. The molecule has 0 unspecified atom stereocenters. The SMILES string of the molecule is CCN(CCO)c1ccc(N=Nc2ccc(S(=O)(=O)CCO)cc2)c(-c2ccc(OCc3ccccc3)cc2)c1. The number of azo groups is 1. The van der Waals surface area contributed by atoms with Crippen LogP contribution in [0.5, 0.6) is 5.75 Å². The summed E-state index contributed by atoms with van der Waals surface area (Å²) in [7, 11) is -3.54. The first-order chi connectivity index (χ1) is 19.4. The van der Waals surface area contributed by atoms with Crippen molar-refractivity contribution in [3.05, 3.63) is 103 Å². The van der Waals surface area contributed by atoms with Gasteiger partial charge in [-0.1, -0.05) is 42.5 Å². The molecule has 0 aliphatic rings. The molecule has 4 aromatic carbocycles. The fraction of sp³-hybridized carbons (Fsp3) is 0.226. The molecule has 0 radical (unpaired) electrons. The first-order valence-corrected chi connectivity index (χ1v) is 14.7. The molecule has 0 aliphatic carbocycles. The van der Waals surface area contributed by atoms with Crippen molar-refractivity contribution in [2.24, 2.45) is 10.2 Å². The van der Waals surface area contributed by atoms with E-state index in [1.54, 1.807) is 12.1 Å². The number of rotatable bonds is 13. The predicted octanol–water partition coefficient (Wildman–Crippen LogP) is 5.93. The van der Waals surface area contributed by atoms with E-state index in [2.05, 4.69) is 15.1 Å². The first-order valence-electron chi connectivity index (χ1n) is 13.1. The molecule has 0 saturated heterocycles. The molecule has 0 amide bonds. The molecule has 0 heterocycles. The number of sulfone groups is 1.